The monoisotopic (exact) mass is 273 g/mol. The molecular formula is C15H19N3S. The predicted molar refractivity (Wildman–Crippen MR) is 81.8 cm³/mol. The van der Waals surface area contributed by atoms with Crippen molar-refractivity contribution in [2.24, 2.45) is 0 Å². The Hall–Kier alpha value is -1.55. The Bertz CT molecular complexity index is 502. The van der Waals surface area contributed by atoms with Crippen LogP contribution in [0.1, 0.15) is 24.8 Å². The highest BCUT2D eigenvalue weighted by atomic mass is 32.2. The minimum Gasteiger partial charge on any atom is -0.370 e. The molecule has 1 heterocycles. The van der Waals surface area contributed by atoms with Gasteiger partial charge in [0.2, 0.25) is 0 Å². The molecule has 0 spiro atoms. The van der Waals surface area contributed by atoms with Crippen LogP contribution in [0, 0.1) is 0 Å². The average molecular weight is 273 g/mol. The maximum absolute atomic E-state index is 4.22. The van der Waals surface area contributed by atoms with Gasteiger partial charge in [-0.3, -0.25) is 0 Å². The molecule has 1 N–H and O–H groups in total. The van der Waals surface area contributed by atoms with Crippen LogP contribution in [-0.2, 0) is 0 Å². The lowest BCUT2D eigenvalue weighted by Gasteiger charge is -2.12. The molecule has 2 rings (SSSR count). The van der Waals surface area contributed by atoms with E-state index in [1.807, 2.05) is 12.3 Å². The van der Waals surface area contributed by atoms with Gasteiger partial charge in [0.15, 0.2) is 0 Å². The molecule has 100 valence electrons. The summed E-state index contributed by atoms with van der Waals surface area (Å²) in [5.41, 5.74) is 1.39. The smallest absolute Gasteiger partial charge is 0.130 e. The predicted octanol–water partition coefficient (Wildman–Crippen LogP) is 3.80. The number of aromatic nitrogens is 2. The molecule has 0 fully saturated rings. The molecule has 1 unspecified atom stereocenters. The first-order valence-electron chi connectivity index (χ1n) is 6.44. The molecule has 0 aliphatic rings. The van der Waals surface area contributed by atoms with Gasteiger partial charge < -0.3 is 5.32 Å². The summed E-state index contributed by atoms with van der Waals surface area (Å²) in [4.78, 5) is 8.38. The van der Waals surface area contributed by atoms with Crippen molar-refractivity contribution in [1.29, 1.82) is 0 Å². The largest absolute Gasteiger partial charge is 0.370 e. The fraction of sp³-hybridized carbons (Fsp3) is 0.333. The molecular weight excluding hydrogens is 254 g/mol. The van der Waals surface area contributed by atoms with Crippen LogP contribution >= 0.6 is 11.8 Å². The highest BCUT2D eigenvalue weighted by Crippen LogP contribution is 2.19. The number of benzene rings is 1. The molecule has 4 heteroatoms. The van der Waals surface area contributed by atoms with E-state index in [2.05, 4.69) is 52.5 Å². The van der Waals surface area contributed by atoms with E-state index in [0.717, 1.165) is 23.8 Å². The Morgan fingerprint density at radius 1 is 1.21 bits per heavy atom. The summed E-state index contributed by atoms with van der Waals surface area (Å²) in [6, 6.07) is 12.6. The molecule has 1 aromatic carbocycles. The van der Waals surface area contributed by atoms with E-state index in [-0.39, 0.29) is 0 Å². The van der Waals surface area contributed by atoms with Crippen molar-refractivity contribution in [3.05, 3.63) is 48.3 Å². The quantitative estimate of drug-likeness (QED) is 0.641. The van der Waals surface area contributed by atoms with Gasteiger partial charge in [-0.15, -0.1) is 11.8 Å². The van der Waals surface area contributed by atoms with E-state index < -0.39 is 0 Å². The van der Waals surface area contributed by atoms with Gasteiger partial charge >= 0.3 is 0 Å². The summed E-state index contributed by atoms with van der Waals surface area (Å²) in [6.07, 6.45) is 4.71. The lowest BCUT2D eigenvalue weighted by atomic mass is 9.98. The first-order valence-corrected chi connectivity index (χ1v) is 7.67. The molecule has 2 aromatic rings. The third-order valence-corrected chi connectivity index (χ3v) is 3.74. The third-order valence-electron chi connectivity index (χ3n) is 3.10. The summed E-state index contributed by atoms with van der Waals surface area (Å²) < 4.78 is 0. The zero-order valence-corrected chi connectivity index (χ0v) is 12.2. The Morgan fingerprint density at radius 3 is 2.74 bits per heavy atom. The lowest BCUT2D eigenvalue weighted by molar-refractivity contribution is 0.704. The topological polar surface area (TPSA) is 37.8 Å². The van der Waals surface area contributed by atoms with Crippen molar-refractivity contribution in [2.45, 2.75) is 24.3 Å². The van der Waals surface area contributed by atoms with Gasteiger partial charge in [-0.2, -0.15) is 0 Å². The summed E-state index contributed by atoms with van der Waals surface area (Å²) >= 11 is 1.63. The summed E-state index contributed by atoms with van der Waals surface area (Å²) in [5, 5.41) is 4.35. The van der Waals surface area contributed by atoms with E-state index in [4.69, 9.17) is 0 Å². The Labute approximate surface area is 118 Å². The number of nitrogens with one attached hydrogen (secondary N) is 1. The van der Waals surface area contributed by atoms with Crippen LogP contribution < -0.4 is 5.32 Å². The van der Waals surface area contributed by atoms with Crippen molar-refractivity contribution < 1.29 is 0 Å². The van der Waals surface area contributed by atoms with E-state index in [1.165, 1.54) is 5.56 Å². The molecule has 1 atom stereocenters. The number of rotatable bonds is 6. The van der Waals surface area contributed by atoms with Crippen LogP contribution in [0.3, 0.4) is 0 Å². The fourth-order valence-corrected chi connectivity index (χ4v) is 2.29. The second-order valence-electron chi connectivity index (χ2n) is 4.47. The van der Waals surface area contributed by atoms with E-state index in [9.17, 15) is 0 Å². The zero-order valence-electron chi connectivity index (χ0n) is 11.3. The van der Waals surface area contributed by atoms with Crippen LogP contribution in [0.5, 0.6) is 0 Å². The first-order chi connectivity index (χ1) is 9.29. The van der Waals surface area contributed by atoms with Crippen molar-refractivity contribution >= 4 is 17.6 Å². The summed E-state index contributed by atoms with van der Waals surface area (Å²) in [7, 11) is 0. The highest BCUT2D eigenvalue weighted by Gasteiger charge is 2.04. The lowest BCUT2D eigenvalue weighted by Crippen LogP contribution is -2.07. The molecule has 0 aliphatic heterocycles. The third kappa shape index (κ3) is 4.24. The second kappa shape index (κ2) is 7.14. The molecule has 0 radical (unpaired) electrons. The Kier molecular flexibility index (Phi) is 5.21. The maximum Gasteiger partial charge on any atom is 0.130 e. The van der Waals surface area contributed by atoms with Crippen LogP contribution in [0.15, 0.2) is 47.8 Å². The van der Waals surface area contributed by atoms with Gasteiger partial charge in [0.1, 0.15) is 17.2 Å². The van der Waals surface area contributed by atoms with Gasteiger partial charge in [0, 0.05) is 12.6 Å². The normalized spacial score (nSPS) is 12.1. The second-order valence-corrected chi connectivity index (χ2v) is 5.30. The molecule has 19 heavy (non-hydrogen) atoms. The minimum atomic E-state index is 0.551. The summed E-state index contributed by atoms with van der Waals surface area (Å²) in [6.45, 7) is 3.17. The van der Waals surface area contributed by atoms with Crippen LogP contribution in [0.25, 0.3) is 0 Å². The maximum atomic E-state index is 4.22. The number of nitrogens with zero attached hydrogens (tertiary/aromatic N) is 2. The van der Waals surface area contributed by atoms with Crippen LogP contribution in [0.2, 0.25) is 0 Å². The van der Waals surface area contributed by atoms with Gasteiger partial charge in [-0.1, -0.05) is 37.3 Å². The number of hydrogen-bond acceptors (Lipinski definition) is 4. The van der Waals surface area contributed by atoms with Gasteiger partial charge in [-0.25, -0.2) is 9.97 Å². The van der Waals surface area contributed by atoms with Crippen LogP contribution in [0.4, 0.5) is 5.82 Å². The molecule has 3 nitrogen and oxygen atoms in total. The van der Waals surface area contributed by atoms with Gasteiger partial charge in [0.05, 0.1) is 0 Å². The molecule has 1 aromatic heterocycles. The molecule has 0 aliphatic carbocycles. The molecule has 0 saturated heterocycles. The molecule has 0 bridgehead atoms. The fourth-order valence-electron chi connectivity index (χ4n) is 1.91. The van der Waals surface area contributed by atoms with E-state index in [0.29, 0.717) is 5.92 Å². The molecule has 0 saturated carbocycles. The highest BCUT2D eigenvalue weighted by molar-refractivity contribution is 7.98. The van der Waals surface area contributed by atoms with E-state index >= 15 is 0 Å². The van der Waals surface area contributed by atoms with Crippen LogP contribution in [-0.4, -0.2) is 22.8 Å². The number of anilines is 1. The Balaban J connectivity index is 1.83. The van der Waals surface area contributed by atoms with Crippen molar-refractivity contribution in [1.82, 2.24) is 9.97 Å². The standard InChI is InChI=1S/C15H19N3S/c1-12(13-6-4-3-5-7-13)8-9-16-14-10-15(19-2)18-11-17-14/h3-7,10-12H,8-9H2,1-2H3,(H,16,17,18). The minimum absolute atomic E-state index is 0.551. The van der Waals surface area contributed by atoms with Gasteiger partial charge in [0.25, 0.3) is 0 Å². The molecule has 0 amide bonds. The zero-order chi connectivity index (χ0) is 13.5. The summed E-state index contributed by atoms with van der Waals surface area (Å²) in [5.74, 6) is 1.45. The van der Waals surface area contributed by atoms with Crippen molar-refractivity contribution in [3.63, 3.8) is 0 Å². The SMILES string of the molecule is CSc1cc(NCCC(C)c2ccccc2)ncn1. The first kappa shape index (κ1) is 13.9. The number of thioether (sulfide) groups is 1. The van der Waals surface area contributed by atoms with Gasteiger partial charge in [-0.05, 0) is 24.2 Å². The van der Waals surface area contributed by atoms with Crippen molar-refractivity contribution in [2.75, 3.05) is 18.1 Å². The van der Waals surface area contributed by atoms with E-state index in [1.54, 1.807) is 18.1 Å². The Morgan fingerprint density at radius 2 is 2.00 bits per heavy atom. The van der Waals surface area contributed by atoms with Crippen molar-refractivity contribution in [3.8, 4) is 0 Å². The average Bonchev–Trinajstić information content (AvgIpc) is 2.48. The number of hydrogen-bond donors (Lipinski definition) is 1.